The van der Waals surface area contributed by atoms with E-state index in [1.165, 1.54) is 23.8 Å². The van der Waals surface area contributed by atoms with E-state index in [2.05, 4.69) is 20.6 Å². The molecule has 0 aliphatic heterocycles. The molecule has 0 saturated carbocycles. The number of amides is 1. The summed E-state index contributed by atoms with van der Waals surface area (Å²) in [5, 5.41) is 5.64. The lowest BCUT2D eigenvalue weighted by molar-refractivity contribution is 0.0524. The molecule has 2 heterocycles. The van der Waals surface area contributed by atoms with Crippen LogP contribution in [0.5, 0.6) is 0 Å². The van der Waals surface area contributed by atoms with Crippen molar-refractivity contribution in [1.29, 1.82) is 0 Å². The zero-order valence-corrected chi connectivity index (χ0v) is 19.7. The molecular formula is C24H27N5O6. The van der Waals surface area contributed by atoms with E-state index in [1.807, 2.05) is 30.3 Å². The van der Waals surface area contributed by atoms with Gasteiger partial charge in [-0.1, -0.05) is 30.3 Å². The number of hydrogen-bond acceptors (Lipinski definition) is 8. The number of H-pyrrole nitrogens is 1. The minimum atomic E-state index is -0.700. The Hall–Kier alpha value is -4.25. The van der Waals surface area contributed by atoms with Crippen LogP contribution in [0.25, 0.3) is 0 Å². The van der Waals surface area contributed by atoms with Crippen LogP contribution in [0.4, 0.5) is 11.5 Å². The Morgan fingerprint density at radius 2 is 1.86 bits per heavy atom. The molecule has 11 nitrogen and oxygen atoms in total. The monoisotopic (exact) mass is 481 g/mol. The van der Waals surface area contributed by atoms with Crippen LogP contribution in [-0.4, -0.2) is 46.7 Å². The molecule has 0 atom stereocenters. The van der Waals surface area contributed by atoms with Crippen molar-refractivity contribution in [3.63, 3.8) is 0 Å². The van der Waals surface area contributed by atoms with Crippen molar-refractivity contribution in [2.45, 2.75) is 26.9 Å². The summed E-state index contributed by atoms with van der Waals surface area (Å²) < 4.78 is 11.3. The number of nitrogens with one attached hydrogen (secondary N) is 3. The van der Waals surface area contributed by atoms with Gasteiger partial charge in [0, 0.05) is 13.7 Å². The fourth-order valence-electron chi connectivity index (χ4n) is 3.33. The number of ether oxygens (including phenoxy) is 2. The first-order chi connectivity index (χ1) is 16.8. The molecule has 0 bridgehead atoms. The molecule has 3 N–H and O–H groups in total. The van der Waals surface area contributed by atoms with Crippen molar-refractivity contribution in [1.82, 2.24) is 14.5 Å². The summed E-state index contributed by atoms with van der Waals surface area (Å²) in [5.74, 6) is -1.23. The van der Waals surface area contributed by atoms with E-state index >= 15 is 0 Å². The Balaban J connectivity index is 1.97. The first kappa shape index (κ1) is 25.4. The zero-order valence-electron chi connectivity index (χ0n) is 19.7. The van der Waals surface area contributed by atoms with Crippen molar-refractivity contribution in [2.75, 3.05) is 31.0 Å². The van der Waals surface area contributed by atoms with E-state index < -0.39 is 23.1 Å². The van der Waals surface area contributed by atoms with Crippen molar-refractivity contribution in [2.24, 2.45) is 0 Å². The number of nitrogens with zero attached hydrogens (tertiary/aromatic N) is 2. The number of carbonyl (C=O) groups excluding carboxylic acids is 2. The van der Waals surface area contributed by atoms with Crippen molar-refractivity contribution < 1.29 is 19.1 Å². The fourth-order valence-corrected chi connectivity index (χ4v) is 3.33. The third-order valence-electron chi connectivity index (χ3n) is 5.08. The summed E-state index contributed by atoms with van der Waals surface area (Å²) in [6.45, 7) is 4.00. The normalized spacial score (nSPS) is 10.6. The predicted molar refractivity (Wildman–Crippen MR) is 130 cm³/mol. The molecule has 184 valence electrons. The smallest absolute Gasteiger partial charge is 0.339 e. The Bertz CT molecular complexity index is 1320. The minimum Gasteiger partial charge on any atom is -0.462 e. The van der Waals surface area contributed by atoms with Crippen LogP contribution >= 0.6 is 0 Å². The van der Waals surface area contributed by atoms with Gasteiger partial charge in [-0.2, -0.15) is 0 Å². The molecule has 3 rings (SSSR count). The number of benzene rings is 1. The third-order valence-corrected chi connectivity index (χ3v) is 5.08. The average molecular weight is 482 g/mol. The van der Waals surface area contributed by atoms with Gasteiger partial charge in [0.15, 0.2) is 0 Å². The highest BCUT2D eigenvalue weighted by Crippen LogP contribution is 2.18. The van der Waals surface area contributed by atoms with Crippen molar-refractivity contribution >= 4 is 23.4 Å². The quantitative estimate of drug-likeness (QED) is 0.373. The largest absolute Gasteiger partial charge is 0.462 e. The van der Waals surface area contributed by atoms with Crippen LogP contribution in [0, 0.1) is 6.92 Å². The zero-order chi connectivity index (χ0) is 25.4. The number of aryl methyl sites for hydroxylation is 1. The van der Waals surface area contributed by atoms with Crippen LogP contribution in [0.2, 0.25) is 0 Å². The molecule has 1 amide bonds. The highest BCUT2D eigenvalue weighted by molar-refractivity contribution is 6.04. The SMILES string of the molecule is CCOC(=O)c1ccc(C(=O)Nc2c(NCc3ccccc3)c(=O)[nH]c(=O)n2CCOC)nc1C. The summed E-state index contributed by atoms with van der Waals surface area (Å²) in [4.78, 5) is 56.8. The third kappa shape index (κ3) is 6.21. The van der Waals surface area contributed by atoms with Crippen LogP contribution in [0.3, 0.4) is 0 Å². The molecule has 3 aromatic rings. The molecule has 1 aromatic carbocycles. The number of aromatic amines is 1. The maximum atomic E-state index is 13.1. The number of pyridine rings is 1. The maximum absolute atomic E-state index is 13.1. The van der Waals surface area contributed by atoms with E-state index in [0.717, 1.165) is 5.56 Å². The predicted octanol–water partition coefficient (Wildman–Crippen LogP) is 1.93. The topological polar surface area (TPSA) is 144 Å². The molecule has 0 spiro atoms. The van der Waals surface area contributed by atoms with Gasteiger partial charge in [0.1, 0.15) is 17.2 Å². The van der Waals surface area contributed by atoms with Crippen LogP contribution < -0.4 is 21.9 Å². The highest BCUT2D eigenvalue weighted by Gasteiger charge is 2.20. The molecule has 0 fully saturated rings. The Morgan fingerprint density at radius 1 is 1.11 bits per heavy atom. The first-order valence-electron chi connectivity index (χ1n) is 11.0. The summed E-state index contributed by atoms with van der Waals surface area (Å²) in [6.07, 6.45) is 0. The van der Waals surface area contributed by atoms with Gasteiger partial charge in [-0.3, -0.25) is 19.1 Å². The molecule has 0 aliphatic rings. The molecule has 11 heteroatoms. The maximum Gasteiger partial charge on any atom is 0.339 e. The lowest BCUT2D eigenvalue weighted by Crippen LogP contribution is -2.36. The number of methoxy groups -OCH3 is 1. The highest BCUT2D eigenvalue weighted by atomic mass is 16.5. The molecule has 0 aliphatic carbocycles. The number of hydrogen-bond donors (Lipinski definition) is 3. The van der Waals surface area contributed by atoms with E-state index in [1.54, 1.807) is 13.8 Å². The Morgan fingerprint density at radius 3 is 2.51 bits per heavy atom. The summed E-state index contributed by atoms with van der Waals surface area (Å²) in [5.41, 5.74) is 0.0631. The van der Waals surface area contributed by atoms with Crippen molar-refractivity contribution in [3.8, 4) is 0 Å². The minimum absolute atomic E-state index is 0.00409. The second kappa shape index (κ2) is 11.7. The molecule has 0 saturated heterocycles. The number of aromatic nitrogens is 3. The van der Waals surface area contributed by atoms with Gasteiger partial charge in [0.2, 0.25) is 0 Å². The molecular weight excluding hydrogens is 454 g/mol. The van der Waals surface area contributed by atoms with Gasteiger partial charge in [-0.05, 0) is 31.5 Å². The summed E-state index contributed by atoms with van der Waals surface area (Å²) in [7, 11) is 1.47. The van der Waals surface area contributed by atoms with Gasteiger partial charge in [-0.15, -0.1) is 0 Å². The Kier molecular flexibility index (Phi) is 8.52. The Labute approximate surface area is 201 Å². The summed E-state index contributed by atoms with van der Waals surface area (Å²) in [6, 6.07) is 12.1. The number of anilines is 2. The molecule has 35 heavy (non-hydrogen) atoms. The lowest BCUT2D eigenvalue weighted by atomic mass is 10.2. The van der Waals surface area contributed by atoms with Crippen molar-refractivity contribution in [3.05, 3.63) is 85.8 Å². The molecule has 0 unspecified atom stereocenters. The molecule has 2 aromatic heterocycles. The van der Waals surface area contributed by atoms with Crippen LogP contribution in [0.15, 0.2) is 52.1 Å². The fraction of sp³-hybridized carbons (Fsp3) is 0.292. The van der Waals surface area contributed by atoms with Gasteiger partial charge in [0.05, 0.1) is 31.0 Å². The average Bonchev–Trinajstić information content (AvgIpc) is 2.84. The van der Waals surface area contributed by atoms with Gasteiger partial charge in [0.25, 0.3) is 11.5 Å². The van der Waals surface area contributed by atoms with Crippen LogP contribution in [0.1, 0.15) is 39.0 Å². The second-order valence-corrected chi connectivity index (χ2v) is 7.47. The lowest BCUT2D eigenvalue weighted by Gasteiger charge is -2.18. The molecule has 0 radical (unpaired) electrons. The van der Waals surface area contributed by atoms with E-state index in [9.17, 15) is 19.2 Å². The number of esters is 1. The number of carbonyl (C=O) groups is 2. The summed E-state index contributed by atoms with van der Waals surface area (Å²) >= 11 is 0. The van der Waals surface area contributed by atoms with Gasteiger partial charge in [-0.25, -0.2) is 14.6 Å². The first-order valence-corrected chi connectivity index (χ1v) is 11.0. The van der Waals surface area contributed by atoms with E-state index in [-0.39, 0.29) is 49.1 Å². The van der Waals surface area contributed by atoms with E-state index in [0.29, 0.717) is 5.69 Å². The van der Waals surface area contributed by atoms with Crippen LogP contribution in [-0.2, 0) is 22.6 Å². The van der Waals surface area contributed by atoms with Gasteiger partial charge < -0.3 is 20.1 Å². The van der Waals surface area contributed by atoms with E-state index in [4.69, 9.17) is 9.47 Å². The number of rotatable bonds is 10. The van der Waals surface area contributed by atoms with Gasteiger partial charge >= 0.3 is 11.7 Å². The standard InChI is InChI=1S/C24H27N5O6/c1-4-35-23(32)17-10-11-18(26-15(17)2)21(30)27-20-19(25-14-16-8-6-5-7-9-16)22(31)28-24(33)29(20)12-13-34-3/h5-11,25H,4,12-14H2,1-3H3,(H,27,30)(H,28,31,33). The second-order valence-electron chi connectivity index (χ2n) is 7.47.